The lowest BCUT2D eigenvalue weighted by Gasteiger charge is -1.98. The van der Waals surface area contributed by atoms with E-state index in [4.69, 9.17) is 20.0 Å². The van der Waals surface area contributed by atoms with Crippen molar-refractivity contribution in [1.82, 2.24) is 9.97 Å². The molecule has 0 bridgehead atoms. The highest BCUT2D eigenvalue weighted by atomic mass is 16.5. The first-order chi connectivity index (χ1) is 9.76. The van der Waals surface area contributed by atoms with Crippen molar-refractivity contribution in [2.45, 2.75) is 0 Å². The van der Waals surface area contributed by atoms with Gasteiger partial charge in [-0.1, -0.05) is 11.8 Å². The Morgan fingerprint density at radius 2 is 1.20 bits per heavy atom. The Morgan fingerprint density at radius 1 is 0.800 bits per heavy atom. The van der Waals surface area contributed by atoms with Crippen molar-refractivity contribution in [3.63, 3.8) is 0 Å². The van der Waals surface area contributed by atoms with E-state index in [9.17, 15) is 0 Å². The summed E-state index contributed by atoms with van der Waals surface area (Å²) in [6.07, 6.45) is 0. The molecule has 1 rings (SSSR count). The molecule has 6 heteroatoms. The topological polar surface area (TPSA) is 91.8 Å². The summed E-state index contributed by atoms with van der Waals surface area (Å²) in [5.74, 6) is 10.8. The number of aromatic nitrogens is 2. The van der Waals surface area contributed by atoms with Gasteiger partial charge in [0.05, 0.1) is 0 Å². The van der Waals surface area contributed by atoms with Gasteiger partial charge in [0.15, 0.2) is 11.4 Å². The van der Waals surface area contributed by atoms with Crippen molar-refractivity contribution in [2.75, 3.05) is 27.4 Å². The second-order valence-electron chi connectivity index (χ2n) is 3.31. The van der Waals surface area contributed by atoms with Crippen molar-refractivity contribution in [2.24, 2.45) is 0 Å². The Hall–Kier alpha value is -2.90. The van der Waals surface area contributed by atoms with Gasteiger partial charge in [0.2, 0.25) is 0 Å². The van der Waals surface area contributed by atoms with Crippen LogP contribution >= 0.6 is 0 Å². The van der Waals surface area contributed by atoms with E-state index in [1.54, 1.807) is 12.1 Å². The Kier molecular flexibility index (Phi) is 6.25. The van der Waals surface area contributed by atoms with E-state index in [-0.39, 0.29) is 36.0 Å². The quantitative estimate of drug-likeness (QED) is 0.711. The molecule has 0 fully saturated rings. The van der Waals surface area contributed by atoms with Crippen LogP contribution in [0.3, 0.4) is 0 Å². The molecule has 0 amide bonds. The summed E-state index contributed by atoms with van der Waals surface area (Å²) in [6.45, 7) is 0.434. The van der Waals surface area contributed by atoms with Crippen molar-refractivity contribution < 1.29 is 9.47 Å². The second kappa shape index (κ2) is 8.25. The minimum atomic E-state index is -0.0773. The van der Waals surface area contributed by atoms with Crippen LogP contribution in [-0.2, 0) is 9.47 Å². The summed E-state index contributed by atoms with van der Waals surface area (Å²) in [6, 6.07) is 3.61. The van der Waals surface area contributed by atoms with Crippen molar-refractivity contribution in [3.05, 3.63) is 22.8 Å². The zero-order chi connectivity index (χ0) is 14.8. The molecule has 1 heterocycles. The third-order valence-corrected chi connectivity index (χ3v) is 1.95. The normalized spacial score (nSPS) is 8.40. The van der Waals surface area contributed by atoms with Crippen molar-refractivity contribution in [3.8, 4) is 35.8 Å². The van der Waals surface area contributed by atoms with Crippen LogP contribution in [0, 0.1) is 46.3 Å². The summed E-state index contributed by atoms with van der Waals surface area (Å²) in [7, 11) is 3.03. The molecular formula is C14H10N4O2. The molecule has 0 unspecified atom stereocenters. The van der Waals surface area contributed by atoms with E-state index >= 15 is 0 Å². The molecule has 6 nitrogen and oxygen atoms in total. The van der Waals surface area contributed by atoms with Gasteiger partial charge in [-0.3, -0.25) is 0 Å². The highest BCUT2D eigenvalue weighted by molar-refractivity contribution is 5.47. The Bertz CT molecular complexity index is 630. The monoisotopic (exact) mass is 266 g/mol. The zero-order valence-electron chi connectivity index (χ0n) is 11.0. The Morgan fingerprint density at radius 3 is 1.50 bits per heavy atom. The van der Waals surface area contributed by atoms with Crippen LogP contribution in [0.2, 0.25) is 0 Å². The summed E-state index contributed by atoms with van der Waals surface area (Å²) in [4.78, 5) is 7.99. The molecule has 0 saturated heterocycles. The lowest BCUT2D eigenvalue weighted by Crippen LogP contribution is -2.02. The van der Waals surface area contributed by atoms with E-state index < -0.39 is 0 Å². The molecule has 98 valence electrons. The predicted molar refractivity (Wildman–Crippen MR) is 69.0 cm³/mol. The van der Waals surface area contributed by atoms with E-state index in [1.807, 2.05) is 0 Å². The number of hydrogen-bond donors (Lipinski definition) is 0. The average molecular weight is 266 g/mol. The van der Waals surface area contributed by atoms with Gasteiger partial charge in [0, 0.05) is 14.2 Å². The summed E-state index contributed by atoms with van der Waals surface area (Å²) in [5, 5.41) is 17.8. The van der Waals surface area contributed by atoms with Gasteiger partial charge in [-0.15, -0.1) is 0 Å². The van der Waals surface area contributed by atoms with Crippen LogP contribution in [0.25, 0.3) is 0 Å². The fourth-order valence-corrected chi connectivity index (χ4v) is 1.15. The van der Waals surface area contributed by atoms with Gasteiger partial charge >= 0.3 is 0 Å². The predicted octanol–water partition coefficient (Wildman–Crippen LogP) is 0.216. The fourth-order valence-electron chi connectivity index (χ4n) is 1.15. The maximum atomic E-state index is 8.92. The minimum absolute atomic E-state index is 0.0773. The van der Waals surface area contributed by atoms with E-state index in [2.05, 4.69) is 33.6 Å². The van der Waals surface area contributed by atoms with Gasteiger partial charge in [-0.25, -0.2) is 9.97 Å². The smallest absolute Gasteiger partial charge is 0.178 e. The molecular weight excluding hydrogens is 256 g/mol. The van der Waals surface area contributed by atoms with E-state index in [0.29, 0.717) is 0 Å². The SMILES string of the molecule is COCC#Cc1nc(C#N)c(C#N)nc1C#CCOC. The Labute approximate surface area is 117 Å². The van der Waals surface area contributed by atoms with Crippen LogP contribution in [0.15, 0.2) is 0 Å². The minimum Gasteiger partial charge on any atom is -0.372 e. The summed E-state index contributed by atoms with van der Waals surface area (Å²) >= 11 is 0. The maximum Gasteiger partial charge on any atom is 0.178 e. The molecule has 0 N–H and O–H groups in total. The second-order valence-corrected chi connectivity index (χ2v) is 3.31. The van der Waals surface area contributed by atoms with Gasteiger partial charge in [-0.2, -0.15) is 10.5 Å². The van der Waals surface area contributed by atoms with Crippen LogP contribution in [0.5, 0.6) is 0 Å². The van der Waals surface area contributed by atoms with Crippen molar-refractivity contribution in [1.29, 1.82) is 10.5 Å². The molecule has 1 aromatic heterocycles. The standard InChI is InChI=1S/C14H10N4O2/c1-19-7-3-5-11-12(6-4-8-20-2)18-14(10-16)13(9-15)17-11/h7-8H2,1-2H3. The van der Waals surface area contributed by atoms with Crippen molar-refractivity contribution >= 4 is 0 Å². The molecule has 0 atom stereocenters. The van der Waals surface area contributed by atoms with Crippen LogP contribution in [0.1, 0.15) is 22.8 Å². The number of rotatable bonds is 2. The molecule has 0 spiro atoms. The zero-order valence-corrected chi connectivity index (χ0v) is 11.0. The maximum absolute atomic E-state index is 8.92. The van der Waals surface area contributed by atoms with Crippen LogP contribution < -0.4 is 0 Å². The fraction of sp³-hybridized carbons (Fsp3) is 0.286. The molecule has 20 heavy (non-hydrogen) atoms. The molecule has 0 aliphatic carbocycles. The third-order valence-electron chi connectivity index (χ3n) is 1.95. The molecule has 1 aromatic rings. The first-order valence-electron chi connectivity index (χ1n) is 5.44. The summed E-state index contributed by atoms with van der Waals surface area (Å²) in [5.41, 5.74) is 0.320. The first kappa shape index (κ1) is 15.2. The largest absolute Gasteiger partial charge is 0.372 e. The number of hydrogen-bond acceptors (Lipinski definition) is 6. The van der Waals surface area contributed by atoms with Gasteiger partial charge in [0.1, 0.15) is 36.7 Å². The summed E-state index contributed by atoms with van der Waals surface area (Å²) < 4.78 is 9.62. The number of nitriles is 2. The number of nitrogens with zero attached hydrogens (tertiary/aromatic N) is 4. The van der Waals surface area contributed by atoms with Crippen LogP contribution in [0.4, 0.5) is 0 Å². The highest BCUT2D eigenvalue weighted by Gasteiger charge is 2.10. The van der Waals surface area contributed by atoms with E-state index in [0.717, 1.165) is 0 Å². The molecule has 0 aliphatic heterocycles. The lowest BCUT2D eigenvalue weighted by molar-refractivity contribution is 0.239. The number of ether oxygens (including phenoxy) is 2. The molecule has 0 aliphatic rings. The van der Waals surface area contributed by atoms with Gasteiger partial charge in [-0.05, 0) is 11.8 Å². The first-order valence-corrected chi connectivity index (χ1v) is 5.44. The molecule has 0 radical (unpaired) electrons. The number of methoxy groups -OCH3 is 2. The third kappa shape index (κ3) is 4.09. The molecule has 0 aromatic carbocycles. The lowest BCUT2D eigenvalue weighted by atomic mass is 10.2. The molecule has 0 saturated carbocycles. The average Bonchev–Trinajstić information content (AvgIpc) is 2.48. The Balaban J connectivity index is 3.33. The van der Waals surface area contributed by atoms with Gasteiger partial charge in [0.25, 0.3) is 0 Å². The van der Waals surface area contributed by atoms with Crippen LogP contribution in [-0.4, -0.2) is 37.4 Å². The highest BCUT2D eigenvalue weighted by Crippen LogP contribution is 2.06. The van der Waals surface area contributed by atoms with Gasteiger partial charge < -0.3 is 9.47 Å². The van der Waals surface area contributed by atoms with E-state index in [1.165, 1.54) is 14.2 Å².